The second-order valence-electron chi connectivity index (χ2n) is 16.5. The number of nitro benzene ring substituents is 1. The number of sulfonamides is 1. The molecule has 2 aliphatic heterocycles. The minimum Gasteiger partial charge on any atom is -0.379 e. The number of likely N-dealkylation sites (tertiary alicyclic amines) is 1. The fourth-order valence-electron chi connectivity index (χ4n) is 9.13. The molecule has 0 aromatic heterocycles. The second kappa shape index (κ2) is 18.9. The molecule has 3 unspecified atom stereocenters. The lowest BCUT2D eigenvalue weighted by Gasteiger charge is -2.36. The third kappa shape index (κ3) is 10.3. The SMILES string of the molecule is O=C(NS(=O)(=O)c1ccc(CC(CCN2CCOCC2)CSc2ccccc2)c([N+](=O)[O-])c1)c1ccc(C2=CCC(N3CCCC3c3ccccc3C3CC3)CC2)cc1. The highest BCUT2D eigenvalue weighted by Crippen LogP contribution is 2.47. The fraction of sp³-hybridized carbons (Fsp3) is 0.426. The largest absolute Gasteiger partial charge is 0.379 e. The normalized spacial score (nSPS) is 20.8. The first-order chi connectivity index (χ1) is 28.7. The van der Waals surface area contributed by atoms with E-state index in [1.807, 2.05) is 30.3 Å². The first-order valence-electron chi connectivity index (χ1n) is 21.2. The summed E-state index contributed by atoms with van der Waals surface area (Å²) >= 11 is 1.71. The van der Waals surface area contributed by atoms with E-state index >= 15 is 0 Å². The van der Waals surface area contributed by atoms with Crippen molar-refractivity contribution in [3.8, 4) is 0 Å². The molecule has 59 heavy (non-hydrogen) atoms. The lowest BCUT2D eigenvalue weighted by atomic mass is 9.88. The van der Waals surface area contributed by atoms with Crippen LogP contribution >= 0.6 is 11.8 Å². The summed E-state index contributed by atoms with van der Waals surface area (Å²) < 4.78 is 34.6. The number of nitrogens with zero attached hydrogens (tertiary/aromatic N) is 3. The average molecular weight is 835 g/mol. The number of rotatable bonds is 16. The van der Waals surface area contributed by atoms with Gasteiger partial charge in [-0.3, -0.25) is 24.7 Å². The zero-order valence-corrected chi connectivity index (χ0v) is 35.2. The number of amides is 1. The van der Waals surface area contributed by atoms with Gasteiger partial charge in [0.05, 0.1) is 23.0 Å². The van der Waals surface area contributed by atoms with Crippen molar-refractivity contribution in [1.82, 2.24) is 14.5 Å². The second-order valence-corrected chi connectivity index (χ2v) is 19.2. The zero-order valence-electron chi connectivity index (χ0n) is 33.5. The highest BCUT2D eigenvalue weighted by atomic mass is 32.2. The summed E-state index contributed by atoms with van der Waals surface area (Å²) in [6.07, 6.45) is 11.6. The fourth-order valence-corrected chi connectivity index (χ4v) is 11.2. The van der Waals surface area contributed by atoms with Crippen LogP contribution in [0.3, 0.4) is 0 Å². The maximum absolute atomic E-state index is 13.5. The molecular formula is C47H54N4O6S2. The van der Waals surface area contributed by atoms with Gasteiger partial charge in [0.25, 0.3) is 21.6 Å². The Labute approximate surface area is 352 Å². The van der Waals surface area contributed by atoms with Crippen molar-refractivity contribution < 1.29 is 22.9 Å². The van der Waals surface area contributed by atoms with Gasteiger partial charge in [0.15, 0.2) is 0 Å². The third-order valence-electron chi connectivity index (χ3n) is 12.5. The molecule has 1 amide bonds. The third-order valence-corrected chi connectivity index (χ3v) is 15.1. The Morgan fingerprint density at radius 2 is 1.64 bits per heavy atom. The summed E-state index contributed by atoms with van der Waals surface area (Å²) in [5.74, 6) is 0.815. The monoisotopic (exact) mass is 834 g/mol. The molecule has 12 heteroatoms. The highest BCUT2D eigenvalue weighted by Gasteiger charge is 2.36. The van der Waals surface area contributed by atoms with Gasteiger partial charge in [0, 0.05) is 53.0 Å². The predicted molar refractivity (Wildman–Crippen MR) is 233 cm³/mol. The Kier molecular flexibility index (Phi) is 13.3. The summed E-state index contributed by atoms with van der Waals surface area (Å²) in [4.78, 5) is 31.0. The molecule has 2 heterocycles. The molecule has 0 radical (unpaired) electrons. The first-order valence-corrected chi connectivity index (χ1v) is 23.6. The number of morpholine rings is 1. The highest BCUT2D eigenvalue weighted by molar-refractivity contribution is 7.99. The van der Waals surface area contributed by atoms with E-state index < -0.39 is 20.9 Å². The Morgan fingerprint density at radius 1 is 0.898 bits per heavy atom. The Hall–Kier alpha value is -4.33. The number of allylic oxidation sites excluding steroid dienone is 1. The summed E-state index contributed by atoms with van der Waals surface area (Å²) in [6.45, 7) is 5.09. The van der Waals surface area contributed by atoms with Crippen molar-refractivity contribution in [2.75, 3.05) is 45.1 Å². The lowest BCUT2D eigenvalue weighted by Crippen LogP contribution is -2.37. The minimum absolute atomic E-state index is 0.106. The minimum atomic E-state index is -4.40. The van der Waals surface area contributed by atoms with Gasteiger partial charge in [0.2, 0.25) is 0 Å². The van der Waals surface area contributed by atoms with Crippen molar-refractivity contribution in [1.29, 1.82) is 0 Å². The number of hydrogen-bond donors (Lipinski definition) is 1. The van der Waals surface area contributed by atoms with Gasteiger partial charge in [-0.05, 0) is 135 Å². The lowest BCUT2D eigenvalue weighted by molar-refractivity contribution is -0.385. The van der Waals surface area contributed by atoms with Gasteiger partial charge in [-0.25, -0.2) is 13.1 Å². The molecule has 2 aliphatic carbocycles. The molecule has 4 aromatic carbocycles. The van der Waals surface area contributed by atoms with Crippen molar-refractivity contribution in [2.24, 2.45) is 5.92 Å². The smallest absolute Gasteiger partial charge is 0.273 e. The Bertz CT molecular complexity index is 2240. The first kappa shape index (κ1) is 41.4. The molecule has 4 aliphatic rings. The van der Waals surface area contributed by atoms with E-state index in [4.69, 9.17) is 4.74 Å². The van der Waals surface area contributed by atoms with Gasteiger partial charge in [0.1, 0.15) is 0 Å². The van der Waals surface area contributed by atoms with Crippen LogP contribution in [0.15, 0.2) is 113 Å². The van der Waals surface area contributed by atoms with E-state index in [-0.39, 0.29) is 22.1 Å². The average Bonchev–Trinajstić information content (AvgIpc) is 4.00. The topological polar surface area (TPSA) is 122 Å². The van der Waals surface area contributed by atoms with E-state index in [1.165, 1.54) is 49.0 Å². The zero-order chi connectivity index (χ0) is 40.8. The summed E-state index contributed by atoms with van der Waals surface area (Å²) in [5, 5.41) is 12.4. The number of thioether (sulfide) groups is 1. The summed E-state index contributed by atoms with van der Waals surface area (Å²) in [6, 6.07) is 31.1. The van der Waals surface area contributed by atoms with Crippen LogP contribution in [0.5, 0.6) is 0 Å². The van der Waals surface area contributed by atoms with Crippen LogP contribution in [0.25, 0.3) is 5.57 Å². The molecule has 10 nitrogen and oxygen atoms in total. The Balaban J connectivity index is 0.898. The van der Waals surface area contributed by atoms with Crippen LogP contribution < -0.4 is 4.72 Å². The number of carbonyl (C=O) groups excluding carboxylic acids is 1. The van der Waals surface area contributed by atoms with Gasteiger partial charge in [-0.2, -0.15) is 0 Å². The standard InChI is InChI=1S/C47H54N4O6S2/c52-47(38-16-12-35(13-17-38)36-18-21-40(22-19-36)50-25-6-11-45(50)44-10-5-4-9-43(44)37-14-15-37)48-59(55,56)42-23-20-39(46(32-42)51(53)54)31-34(24-26-49-27-29-57-30-28-49)33-58-41-7-2-1-3-8-41/h1-5,7-10,12-13,16-18,20,23,32,34,37,40,45H,6,11,14-15,19,21-22,24-31,33H2,(H,48,52). The van der Waals surface area contributed by atoms with E-state index in [0.717, 1.165) is 80.1 Å². The molecule has 3 fully saturated rings. The number of hydrogen-bond acceptors (Lipinski definition) is 9. The van der Waals surface area contributed by atoms with Crippen LogP contribution in [0.2, 0.25) is 0 Å². The van der Waals surface area contributed by atoms with E-state index in [1.54, 1.807) is 29.5 Å². The molecule has 310 valence electrons. The number of nitro groups is 1. The van der Waals surface area contributed by atoms with Crippen LogP contribution in [0, 0.1) is 16.0 Å². The molecule has 1 N–H and O–H groups in total. The van der Waals surface area contributed by atoms with Crippen molar-refractivity contribution in [3.63, 3.8) is 0 Å². The van der Waals surface area contributed by atoms with Gasteiger partial charge in [-0.1, -0.05) is 66.7 Å². The number of carbonyl (C=O) groups is 1. The van der Waals surface area contributed by atoms with Crippen molar-refractivity contribution in [2.45, 2.75) is 85.6 Å². The molecule has 3 atom stereocenters. The number of benzene rings is 4. The summed E-state index contributed by atoms with van der Waals surface area (Å²) in [7, 11) is -4.40. The van der Waals surface area contributed by atoms with E-state index in [0.29, 0.717) is 37.3 Å². The van der Waals surface area contributed by atoms with Crippen LogP contribution in [-0.4, -0.2) is 80.2 Å². The van der Waals surface area contributed by atoms with E-state index in [2.05, 4.69) is 57.0 Å². The summed E-state index contributed by atoms with van der Waals surface area (Å²) in [5.41, 5.74) is 5.75. The quantitative estimate of drug-likeness (QED) is 0.0670. The molecular weight excluding hydrogens is 781 g/mol. The maximum atomic E-state index is 13.5. The van der Waals surface area contributed by atoms with Crippen molar-refractivity contribution >= 4 is 39.0 Å². The molecule has 0 spiro atoms. The Morgan fingerprint density at radius 3 is 2.36 bits per heavy atom. The molecule has 2 saturated heterocycles. The van der Waals surface area contributed by atoms with Crippen LogP contribution in [-0.2, 0) is 21.2 Å². The van der Waals surface area contributed by atoms with Crippen LogP contribution in [0.4, 0.5) is 5.69 Å². The van der Waals surface area contributed by atoms with Gasteiger partial charge < -0.3 is 4.74 Å². The van der Waals surface area contributed by atoms with Gasteiger partial charge in [-0.15, -0.1) is 11.8 Å². The number of ether oxygens (including phenoxy) is 1. The predicted octanol–water partition coefficient (Wildman–Crippen LogP) is 9.04. The van der Waals surface area contributed by atoms with E-state index in [9.17, 15) is 23.3 Å². The number of nitrogens with one attached hydrogen (secondary N) is 1. The van der Waals surface area contributed by atoms with Crippen molar-refractivity contribution in [3.05, 3.63) is 141 Å². The molecule has 0 bridgehead atoms. The molecule has 1 saturated carbocycles. The van der Waals surface area contributed by atoms with Crippen LogP contribution in [0.1, 0.15) is 95.9 Å². The van der Waals surface area contributed by atoms with Gasteiger partial charge >= 0.3 is 0 Å². The molecule has 4 aromatic rings. The molecule has 8 rings (SSSR count). The maximum Gasteiger partial charge on any atom is 0.273 e.